The first-order valence-electron chi connectivity index (χ1n) is 6.47. The van der Waals surface area contributed by atoms with Crippen molar-refractivity contribution in [2.24, 2.45) is 11.8 Å². The molecule has 1 aliphatic heterocycles. The monoisotopic (exact) mass is 241 g/mol. The van der Waals surface area contributed by atoms with Crippen molar-refractivity contribution >= 4 is 11.8 Å². The number of hydrazine groups is 1. The molecule has 0 bridgehead atoms. The average molecular weight is 241 g/mol. The highest BCUT2D eigenvalue weighted by Crippen LogP contribution is 2.17. The number of carbonyl (C=O) groups is 2. The van der Waals surface area contributed by atoms with Crippen LogP contribution < -0.4 is 11.3 Å². The average Bonchev–Trinajstić information content (AvgIpc) is 2.38. The fraction of sp³-hybridized carbons (Fsp3) is 0.833. The summed E-state index contributed by atoms with van der Waals surface area (Å²) in [4.78, 5) is 25.1. The SMILES string of the molecule is CCCCCC(=O)N1CCCC(C(=O)NN)C1. The van der Waals surface area contributed by atoms with Gasteiger partial charge in [-0.25, -0.2) is 5.84 Å². The Morgan fingerprint density at radius 2 is 2.18 bits per heavy atom. The van der Waals surface area contributed by atoms with Gasteiger partial charge in [-0.3, -0.25) is 15.0 Å². The van der Waals surface area contributed by atoms with E-state index in [0.29, 0.717) is 13.0 Å². The maximum Gasteiger partial charge on any atom is 0.238 e. The molecule has 1 rings (SSSR count). The summed E-state index contributed by atoms with van der Waals surface area (Å²) in [5.74, 6) is 5.00. The summed E-state index contributed by atoms with van der Waals surface area (Å²) in [6, 6.07) is 0. The fourth-order valence-corrected chi connectivity index (χ4v) is 2.22. The third-order valence-electron chi connectivity index (χ3n) is 3.28. The van der Waals surface area contributed by atoms with E-state index in [-0.39, 0.29) is 17.7 Å². The lowest BCUT2D eigenvalue weighted by atomic mass is 9.97. The largest absolute Gasteiger partial charge is 0.342 e. The normalized spacial score (nSPS) is 20.1. The second kappa shape index (κ2) is 7.27. The van der Waals surface area contributed by atoms with E-state index in [0.717, 1.165) is 38.6 Å². The van der Waals surface area contributed by atoms with Gasteiger partial charge in [0.15, 0.2) is 0 Å². The molecule has 0 saturated carbocycles. The molecule has 0 aromatic carbocycles. The minimum absolute atomic E-state index is 0.135. The van der Waals surface area contributed by atoms with Crippen molar-refractivity contribution < 1.29 is 9.59 Å². The second-order valence-corrected chi connectivity index (χ2v) is 4.64. The molecule has 3 N–H and O–H groups in total. The van der Waals surface area contributed by atoms with Crippen molar-refractivity contribution in [3.05, 3.63) is 0 Å². The summed E-state index contributed by atoms with van der Waals surface area (Å²) < 4.78 is 0. The molecule has 2 amide bonds. The zero-order valence-corrected chi connectivity index (χ0v) is 10.6. The van der Waals surface area contributed by atoms with E-state index in [1.165, 1.54) is 0 Å². The molecule has 0 aliphatic carbocycles. The summed E-state index contributed by atoms with van der Waals surface area (Å²) in [6.07, 6.45) is 5.46. The van der Waals surface area contributed by atoms with Crippen LogP contribution in [0.5, 0.6) is 0 Å². The van der Waals surface area contributed by atoms with E-state index in [1.54, 1.807) is 4.90 Å². The molecule has 1 saturated heterocycles. The lowest BCUT2D eigenvalue weighted by Gasteiger charge is -2.31. The second-order valence-electron chi connectivity index (χ2n) is 4.64. The van der Waals surface area contributed by atoms with Gasteiger partial charge in [0.1, 0.15) is 0 Å². The summed E-state index contributed by atoms with van der Waals surface area (Å²) in [6.45, 7) is 3.42. The standard InChI is InChI=1S/C12H23N3O2/c1-2-3-4-7-11(16)15-8-5-6-10(9-15)12(17)14-13/h10H,2-9,13H2,1H3,(H,14,17). The van der Waals surface area contributed by atoms with Gasteiger partial charge in [0.2, 0.25) is 11.8 Å². The molecule has 1 fully saturated rings. The Morgan fingerprint density at radius 1 is 1.41 bits per heavy atom. The number of nitrogens with two attached hydrogens (primary N) is 1. The Labute approximate surface area is 103 Å². The highest BCUT2D eigenvalue weighted by Gasteiger charge is 2.27. The molecule has 0 aromatic heterocycles. The number of carbonyl (C=O) groups excluding carboxylic acids is 2. The van der Waals surface area contributed by atoms with Crippen molar-refractivity contribution in [3.8, 4) is 0 Å². The van der Waals surface area contributed by atoms with Gasteiger partial charge in [0, 0.05) is 19.5 Å². The minimum atomic E-state index is -0.156. The van der Waals surface area contributed by atoms with Gasteiger partial charge in [-0.15, -0.1) is 0 Å². The number of hydrogen-bond acceptors (Lipinski definition) is 3. The predicted octanol–water partition coefficient (Wildman–Crippen LogP) is 0.795. The van der Waals surface area contributed by atoms with Crippen molar-refractivity contribution in [2.45, 2.75) is 45.4 Å². The quantitative estimate of drug-likeness (QED) is 0.323. The van der Waals surface area contributed by atoms with Crippen LogP contribution in [0.25, 0.3) is 0 Å². The first-order valence-corrected chi connectivity index (χ1v) is 6.47. The molecule has 1 unspecified atom stereocenters. The minimum Gasteiger partial charge on any atom is -0.342 e. The third kappa shape index (κ3) is 4.34. The summed E-state index contributed by atoms with van der Waals surface area (Å²) in [7, 11) is 0. The van der Waals surface area contributed by atoms with Crippen LogP contribution in [0.2, 0.25) is 0 Å². The highest BCUT2D eigenvalue weighted by molar-refractivity contribution is 5.80. The lowest BCUT2D eigenvalue weighted by molar-refractivity contribution is -0.135. The van der Waals surface area contributed by atoms with E-state index in [4.69, 9.17) is 5.84 Å². The van der Waals surface area contributed by atoms with E-state index in [2.05, 4.69) is 12.3 Å². The zero-order valence-electron chi connectivity index (χ0n) is 10.6. The smallest absolute Gasteiger partial charge is 0.238 e. The number of likely N-dealkylation sites (tertiary alicyclic amines) is 1. The van der Waals surface area contributed by atoms with E-state index >= 15 is 0 Å². The fourth-order valence-electron chi connectivity index (χ4n) is 2.22. The van der Waals surface area contributed by atoms with E-state index in [1.807, 2.05) is 0 Å². The number of nitrogens with zero attached hydrogens (tertiary/aromatic N) is 1. The number of hydrogen-bond donors (Lipinski definition) is 2. The van der Waals surface area contributed by atoms with Crippen LogP contribution in [0.1, 0.15) is 45.4 Å². The highest BCUT2D eigenvalue weighted by atomic mass is 16.2. The van der Waals surface area contributed by atoms with E-state index in [9.17, 15) is 9.59 Å². The lowest BCUT2D eigenvalue weighted by Crippen LogP contribution is -2.46. The molecule has 5 nitrogen and oxygen atoms in total. The topological polar surface area (TPSA) is 75.4 Å². The Morgan fingerprint density at radius 3 is 2.82 bits per heavy atom. The number of piperidine rings is 1. The molecule has 98 valence electrons. The maximum absolute atomic E-state index is 11.9. The predicted molar refractivity (Wildman–Crippen MR) is 65.8 cm³/mol. The zero-order chi connectivity index (χ0) is 12.7. The first kappa shape index (κ1) is 14.0. The van der Waals surface area contributed by atoms with Gasteiger partial charge in [-0.2, -0.15) is 0 Å². The molecule has 1 atom stereocenters. The molecular weight excluding hydrogens is 218 g/mol. The Bertz CT molecular complexity index is 268. The number of rotatable bonds is 5. The first-order chi connectivity index (χ1) is 8.19. The summed E-state index contributed by atoms with van der Waals surface area (Å²) >= 11 is 0. The van der Waals surface area contributed by atoms with Crippen molar-refractivity contribution in [2.75, 3.05) is 13.1 Å². The maximum atomic E-state index is 11.9. The van der Waals surface area contributed by atoms with Crippen molar-refractivity contribution in [1.82, 2.24) is 10.3 Å². The van der Waals surface area contributed by atoms with Gasteiger partial charge in [0.25, 0.3) is 0 Å². The van der Waals surface area contributed by atoms with Crippen LogP contribution in [0.3, 0.4) is 0 Å². The molecule has 1 heterocycles. The molecule has 1 aliphatic rings. The van der Waals surface area contributed by atoms with Crippen LogP contribution in [-0.2, 0) is 9.59 Å². The van der Waals surface area contributed by atoms with Gasteiger partial charge in [-0.05, 0) is 19.3 Å². The number of unbranched alkanes of at least 4 members (excludes halogenated alkanes) is 2. The molecular formula is C12H23N3O2. The molecule has 5 heteroatoms. The van der Waals surface area contributed by atoms with Gasteiger partial charge >= 0.3 is 0 Å². The van der Waals surface area contributed by atoms with Crippen LogP contribution in [-0.4, -0.2) is 29.8 Å². The Balaban J connectivity index is 2.37. The van der Waals surface area contributed by atoms with Crippen LogP contribution >= 0.6 is 0 Å². The number of amides is 2. The van der Waals surface area contributed by atoms with Crippen molar-refractivity contribution in [3.63, 3.8) is 0 Å². The molecule has 17 heavy (non-hydrogen) atoms. The van der Waals surface area contributed by atoms with Crippen LogP contribution in [0.15, 0.2) is 0 Å². The Kier molecular flexibility index (Phi) is 5.97. The summed E-state index contributed by atoms with van der Waals surface area (Å²) in [5.41, 5.74) is 2.17. The summed E-state index contributed by atoms with van der Waals surface area (Å²) in [5, 5.41) is 0. The molecule has 0 radical (unpaired) electrons. The number of nitrogens with one attached hydrogen (secondary N) is 1. The van der Waals surface area contributed by atoms with Gasteiger partial charge < -0.3 is 4.90 Å². The van der Waals surface area contributed by atoms with Crippen LogP contribution in [0.4, 0.5) is 0 Å². The van der Waals surface area contributed by atoms with Gasteiger partial charge in [0.05, 0.1) is 5.92 Å². The van der Waals surface area contributed by atoms with Crippen LogP contribution in [0, 0.1) is 5.92 Å². The van der Waals surface area contributed by atoms with Gasteiger partial charge in [-0.1, -0.05) is 19.8 Å². The van der Waals surface area contributed by atoms with Crippen molar-refractivity contribution in [1.29, 1.82) is 0 Å². The Hall–Kier alpha value is -1.10. The molecule has 0 aromatic rings. The molecule has 0 spiro atoms. The third-order valence-corrected chi connectivity index (χ3v) is 3.28. The van der Waals surface area contributed by atoms with E-state index < -0.39 is 0 Å².